The topological polar surface area (TPSA) is 61.9 Å². The summed E-state index contributed by atoms with van der Waals surface area (Å²) in [6.45, 7) is 2.39. The van der Waals surface area contributed by atoms with Crippen molar-refractivity contribution in [2.45, 2.75) is 38.8 Å². The molecule has 5 nitrogen and oxygen atoms in total. The lowest BCUT2D eigenvalue weighted by molar-refractivity contribution is 0.239. The predicted octanol–water partition coefficient (Wildman–Crippen LogP) is 2.33. The molecule has 4 rings (SSSR count). The number of hydrogen-bond donors (Lipinski definition) is 1. The maximum atomic E-state index is 12.3. The Bertz CT molecular complexity index is 767. The molecule has 120 valence electrons. The Labute approximate surface area is 139 Å². The van der Waals surface area contributed by atoms with Crippen LogP contribution in [0.4, 0.5) is 0 Å². The summed E-state index contributed by atoms with van der Waals surface area (Å²) in [5.41, 5.74) is 2.98. The smallest absolute Gasteiger partial charge is 0.254 e. The van der Waals surface area contributed by atoms with Gasteiger partial charge >= 0.3 is 0 Å². The molecule has 2 aliphatic rings. The van der Waals surface area contributed by atoms with Crippen LogP contribution in [-0.4, -0.2) is 26.4 Å². The molecule has 23 heavy (non-hydrogen) atoms. The van der Waals surface area contributed by atoms with E-state index in [-0.39, 0.29) is 5.56 Å². The number of H-pyrrole nitrogens is 1. The molecular formula is C17H19ClN4O. The second-order valence-corrected chi connectivity index (χ2v) is 6.92. The van der Waals surface area contributed by atoms with Crippen LogP contribution < -0.4 is 5.56 Å². The molecule has 1 saturated carbocycles. The second-order valence-electron chi connectivity index (χ2n) is 6.54. The summed E-state index contributed by atoms with van der Waals surface area (Å²) in [6.07, 6.45) is 5.99. The number of nitrogens with one attached hydrogen (secondary N) is 1. The summed E-state index contributed by atoms with van der Waals surface area (Å²) in [5, 5.41) is 0.510. The average molecular weight is 331 g/mol. The van der Waals surface area contributed by atoms with Crippen molar-refractivity contribution in [3.8, 4) is 0 Å². The fourth-order valence-corrected chi connectivity index (χ4v) is 3.24. The first-order valence-electron chi connectivity index (χ1n) is 8.11. The van der Waals surface area contributed by atoms with E-state index in [1.165, 1.54) is 12.8 Å². The molecule has 2 aromatic rings. The first kappa shape index (κ1) is 14.8. The fourth-order valence-electron chi connectivity index (χ4n) is 3.13. The molecule has 0 unspecified atom stereocenters. The Morgan fingerprint density at radius 1 is 1.35 bits per heavy atom. The number of pyridine rings is 1. The van der Waals surface area contributed by atoms with E-state index in [9.17, 15) is 4.79 Å². The molecule has 0 amide bonds. The van der Waals surface area contributed by atoms with Crippen LogP contribution in [0.5, 0.6) is 0 Å². The van der Waals surface area contributed by atoms with Gasteiger partial charge in [-0.3, -0.25) is 9.69 Å². The SMILES string of the molecule is O=c1[nH]c(CC2CC2)nc2c1CCN(Cc1ccc(Cl)nc1)C2. The monoisotopic (exact) mass is 330 g/mol. The van der Waals surface area contributed by atoms with Crippen LogP contribution in [0.1, 0.15) is 35.5 Å². The molecule has 0 atom stereocenters. The Kier molecular flexibility index (Phi) is 3.91. The van der Waals surface area contributed by atoms with Gasteiger partial charge in [0.05, 0.1) is 5.69 Å². The highest BCUT2D eigenvalue weighted by molar-refractivity contribution is 6.29. The van der Waals surface area contributed by atoms with Crippen molar-refractivity contribution in [3.63, 3.8) is 0 Å². The molecule has 0 radical (unpaired) electrons. The Morgan fingerprint density at radius 2 is 2.22 bits per heavy atom. The largest absolute Gasteiger partial charge is 0.310 e. The van der Waals surface area contributed by atoms with Crippen LogP contribution in [-0.2, 0) is 25.9 Å². The summed E-state index contributed by atoms with van der Waals surface area (Å²) in [7, 11) is 0. The van der Waals surface area contributed by atoms with Crippen molar-refractivity contribution < 1.29 is 0 Å². The first-order chi connectivity index (χ1) is 11.2. The second kappa shape index (κ2) is 6.06. The number of halogens is 1. The third kappa shape index (κ3) is 3.46. The van der Waals surface area contributed by atoms with Gasteiger partial charge in [-0.2, -0.15) is 0 Å². The summed E-state index contributed by atoms with van der Waals surface area (Å²) >= 11 is 5.83. The van der Waals surface area contributed by atoms with Gasteiger partial charge in [-0.15, -0.1) is 0 Å². The average Bonchev–Trinajstić information content (AvgIpc) is 3.33. The quantitative estimate of drug-likeness (QED) is 0.874. The molecule has 1 aliphatic carbocycles. The predicted molar refractivity (Wildman–Crippen MR) is 88.4 cm³/mol. The van der Waals surface area contributed by atoms with Crippen molar-refractivity contribution in [3.05, 3.63) is 56.5 Å². The highest BCUT2D eigenvalue weighted by Gasteiger charge is 2.25. The van der Waals surface area contributed by atoms with E-state index in [1.54, 1.807) is 0 Å². The zero-order valence-electron chi connectivity index (χ0n) is 12.9. The molecule has 1 fully saturated rings. The molecule has 1 N–H and O–H groups in total. The van der Waals surface area contributed by atoms with E-state index in [0.29, 0.717) is 5.15 Å². The van der Waals surface area contributed by atoms with Crippen LogP contribution in [0, 0.1) is 5.92 Å². The molecule has 3 heterocycles. The van der Waals surface area contributed by atoms with Crippen molar-refractivity contribution >= 4 is 11.6 Å². The van der Waals surface area contributed by atoms with Gasteiger partial charge in [-0.1, -0.05) is 17.7 Å². The van der Waals surface area contributed by atoms with E-state index < -0.39 is 0 Å². The molecule has 0 aromatic carbocycles. The van der Waals surface area contributed by atoms with Gasteiger partial charge in [0.25, 0.3) is 5.56 Å². The molecule has 0 spiro atoms. The summed E-state index contributed by atoms with van der Waals surface area (Å²) < 4.78 is 0. The standard InChI is InChI=1S/C17H19ClN4O/c18-15-4-3-12(8-19-15)9-22-6-5-13-14(10-22)20-16(21-17(13)23)7-11-1-2-11/h3-4,8,11H,1-2,5-7,9-10H2,(H,20,21,23). The summed E-state index contributed by atoms with van der Waals surface area (Å²) in [6, 6.07) is 3.81. The van der Waals surface area contributed by atoms with E-state index in [4.69, 9.17) is 16.6 Å². The number of hydrogen-bond acceptors (Lipinski definition) is 4. The van der Waals surface area contributed by atoms with Crippen LogP contribution in [0.2, 0.25) is 5.15 Å². The van der Waals surface area contributed by atoms with Crippen LogP contribution >= 0.6 is 11.6 Å². The number of aromatic nitrogens is 3. The van der Waals surface area contributed by atoms with Crippen LogP contribution in [0.3, 0.4) is 0 Å². The summed E-state index contributed by atoms with van der Waals surface area (Å²) in [4.78, 5) is 26.4. The highest BCUT2D eigenvalue weighted by Crippen LogP contribution is 2.31. The fraction of sp³-hybridized carbons (Fsp3) is 0.471. The minimum atomic E-state index is 0.0541. The van der Waals surface area contributed by atoms with Gasteiger partial charge in [0.2, 0.25) is 0 Å². The van der Waals surface area contributed by atoms with E-state index in [2.05, 4.69) is 14.9 Å². The van der Waals surface area contributed by atoms with Gasteiger partial charge in [0.15, 0.2) is 0 Å². The maximum Gasteiger partial charge on any atom is 0.254 e. The molecular weight excluding hydrogens is 312 g/mol. The lowest BCUT2D eigenvalue weighted by Gasteiger charge is -2.27. The Morgan fingerprint density at radius 3 is 2.96 bits per heavy atom. The molecule has 0 bridgehead atoms. The van der Waals surface area contributed by atoms with Gasteiger partial charge in [-0.05, 0) is 36.8 Å². The number of rotatable bonds is 4. The van der Waals surface area contributed by atoms with Crippen molar-refractivity contribution in [1.29, 1.82) is 0 Å². The van der Waals surface area contributed by atoms with Gasteiger partial charge in [0, 0.05) is 37.8 Å². The maximum absolute atomic E-state index is 12.3. The zero-order chi connectivity index (χ0) is 15.8. The minimum absolute atomic E-state index is 0.0541. The lowest BCUT2D eigenvalue weighted by Crippen LogP contribution is -2.35. The van der Waals surface area contributed by atoms with Crippen LogP contribution in [0.25, 0.3) is 0 Å². The Balaban J connectivity index is 1.51. The zero-order valence-corrected chi connectivity index (χ0v) is 13.6. The number of fused-ring (bicyclic) bond motifs is 1. The third-order valence-electron chi connectivity index (χ3n) is 4.58. The van der Waals surface area contributed by atoms with Gasteiger partial charge in [-0.25, -0.2) is 9.97 Å². The first-order valence-corrected chi connectivity index (χ1v) is 8.49. The van der Waals surface area contributed by atoms with Crippen molar-refractivity contribution in [2.24, 2.45) is 5.92 Å². The van der Waals surface area contributed by atoms with E-state index >= 15 is 0 Å². The molecule has 0 saturated heterocycles. The summed E-state index contributed by atoms with van der Waals surface area (Å²) in [5.74, 6) is 1.57. The normalized spacial score (nSPS) is 18.0. The van der Waals surface area contributed by atoms with E-state index in [0.717, 1.165) is 61.0 Å². The van der Waals surface area contributed by atoms with Crippen molar-refractivity contribution in [1.82, 2.24) is 19.9 Å². The van der Waals surface area contributed by atoms with Gasteiger partial charge in [0.1, 0.15) is 11.0 Å². The molecule has 6 heteroatoms. The number of nitrogens with zero attached hydrogens (tertiary/aromatic N) is 3. The van der Waals surface area contributed by atoms with Crippen LogP contribution in [0.15, 0.2) is 23.1 Å². The van der Waals surface area contributed by atoms with Gasteiger partial charge < -0.3 is 4.98 Å². The van der Waals surface area contributed by atoms with E-state index in [1.807, 2.05) is 18.3 Å². The highest BCUT2D eigenvalue weighted by atomic mass is 35.5. The third-order valence-corrected chi connectivity index (χ3v) is 4.80. The lowest BCUT2D eigenvalue weighted by atomic mass is 10.1. The minimum Gasteiger partial charge on any atom is -0.310 e. The number of aromatic amines is 1. The molecule has 1 aliphatic heterocycles. The Hall–Kier alpha value is -1.72. The molecule has 2 aromatic heterocycles. The van der Waals surface area contributed by atoms with Crippen molar-refractivity contribution in [2.75, 3.05) is 6.54 Å².